The molecule has 6 nitrogen and oxygen atoms in total. The Balaban J connectivity index is 0.871. The lowest BCUT2D eigenvalue weighted by atomic mass is 9.64. The molecule has 0 fully saturated rings. The summed E-state index contributed by atoms with van der Waals surface area (Å²) in [5.41, 5.74) is 25.2. The molecule has 91 heavy (non-hydrogen) atoms. The fourth-order valence-corrected chi connectivity index (χ4v) is 16.6. The fourth-order valence-electron chi connectivity index (χ4n) is 16.6. The zero-order chi connectivity index (χ0) is 62.0. The van der Waals surface area contributed by atoms with Crippen molar-refractivity contribution >= 4 is 0 Å². The molecule has 0 spiro atoms. The van der Waals surface area contributed by atoms with Gasteiger partial charge in [-0.15, -0.1) is 0 Å². The van der Waals surface area contributed by atoms with Crippen molar-refractivity contribution in [2.45, 2.75) is 40.9 Å². The number of aliphatic hydroxyl groups excluding tert-OH is 6. The van der Waals surface area contributed by atoms with Gasteiger partial charge in [-0.1, -0.05) is 243 Å². The third-order valence-corrected chi connectivity index (χ3v) is 21.7. The van der Waals surface area contributed by atoms with E-state index in [1.807, 2.05) is 36.4 Å². The molecule has 16 rings (SSSR count). The molecule has 0 amide bonds. The van der Waals surface area contributed by atoms with Crippen LogP contribution in [0, 0.1) is 0 Å². The standard InChI is InChI=1S/C85H68O6/c1-81(47-86)73-15-7-3-11-65(73)69-39-27-57(43-77(69)81)53-19-31-61(32-20-53)85(62-33-21-54(22-34-62)58-28-40-70-66-12-4-8-16-74(66)82(2,48-87)78(70)44-58,63-35-23-55(24-36-63)59-29-41-71-67-13-5-9-17-75(67)83(49-88,50-89)79(71)45-59)64-37-25-56(26-38-64)60-30-42-72-68-14-6-10-18-76(68)84(51-90,52-91)80(72)46-60/h3-46,86-91H,47-52H2,1-2H3. The maximum Gasteiger partial charge on any atom is 0.0701 e. The van der Waals surface area contributed by atoms with Crippen molar-refractivity contribution in [2.24, 2.45) is 0 Å². The summed E-state index contributed by atoms with van der Waals surface area (Å²) in [4.78, 5) is 0. The second-order valence-electron chi connectivity index (χ2n) is 26.1. The van der Waals surface area contributed by atoms with Crippen LogP contribution in [0.4, 0.5) is 0 Å². The van der Waals surface area contributed by atoms with Gasteiger partial charge >= 0.3 is 0 Å². The van der Waals surface area contributed by atoms with Gasteiger partial charge in [0.05, 0.1) is 55.9 Å². The molecule has 0 saturated heterocycles. The zero-order valence-corrected chi connectivity index (χ0v) is 50.8. The predicted molar refractivity (Wildman–Crippen MR) is 365 cm³/mol. The Kier molecular flexibility index (Phi) is 13.2. The number of hydrogen-bond donors (Lipinski definition) is 6. The lowest BCUT2D eigenvalue weighted by Gasteiger charge is -2.37. The summed E-state index contributed by atoms with van der Waals surface area (Å²) in [5, 5.41) is 66.5. The average Bonchev–Trinajstić information content (AvgIpc) is 1.06. The van der Waals surface area contributed by atoms with Gasteiger partial charge in [0.1, 0.15) is 0 Å². The zero-order valence-electron chi connectivity index (χ0n) is 50.8. The maximum absolute atomic E-state index is 11.1. The quantitative estimate of drug-likeness (QED) is 0.0604. The predicted octanol–water partition coefficient (Wildman–Crippen LogP) is 15.8. The third kappa shape index (κ3) is 8.01. The molecular weight excluding hydrogens is 1120 g/mol. The van der Waals surface area contributed by atoms with Gasteiger partial charge in [0, 0.05) is 10.8 Å². The van der Waals surface area contributed by atoms with Crippen LogP contribution in [0.15, 0.2) is 267 Å². The molecule has 4 aliphatic carbocycles. The minimum Gasteiger partial charge on any atom is -0.395 e. The first kappa shape index (κ1) is 56.6. The van der Waals surface area contributed by atoms with Crippen molar-refractivity contribution in [2.75, 3.05) is 39.6 Å². The van der Waals surface area contributed by atoms with E-state index < -0.39 is 27.1 Å². The summed E-state index contributed by atoms with van der Waals surface area (Å²) in [7, 11) is 0. The minimum atomic E-state index is -0.945. The molecule has 4 aliphatic rings. The van der Waals surface area contributed by atoms with Gasteiger partial charge in [-0.2, -0.15) is 0 Å². The molecule has 0 saturated carbocycles. The van der Waals surface area contributed by atoms with E-state index in [4.69, 9.17) is 0 Å². The summed E-state index contributed by atoms with van der Waals surface area (Å²) in [6, 6.07) is 94.9. The van der Waals surface area contributed by atoms with E-state index in [9.17, 15) is 30.6 Å². The van der Waals surface area contributed by atoms with Crippen molar-refractivity contribution in [3.05, 3.63) is 334 Å². The van der Waals surface area contributed by atoms with E-state index in [-0.39, 0.29) is 39.6 Å². The van der Waals surface area contributed by atoms with Crippen molar-refractivity contribution in [3.8, 4) is 89.0 Å². The van der Waals surface area contributed by atoms with Gasteiger partial charge in [-0.05, 0) is 194 Å². The second kappa shape index (κ2) is 21.3. The number of hydrogen-bond acceptors (Lipinski definition) is 6. The maximum atomic E-state index is 11.1. The normalized spacial score (nSPS) is 17.3. The summed E-state index contributed by atoms with van der Waals surface area (Å²) < 4.78 is 0. The summed E-state index contributed by atoms with van der Waals surface area (Å²) in [6.45, 7) is 3.33. The van der Waals surface area contributed by atoms with Crippen LogP contribution in [0.1, 0.15) is 80.6 Å². The molecule has 2 unspecified atom stereocenters. The van der Waals surface area contributed by atoms with Crippen LogP contribution in [0.5, 0.6) is 0 Å². The molecule has 0 aromatic heterocycles. The Morgan fingerprint density at radius 2 is 0.440 bits per heavy atom. The van der Waals surface area contributed by atoms with Crippen molar-refractivity contribution in [1.82, 2.24) is 0 Å². The minimum absolute atomic E-state index is 0.0132. The molecule has 0 bridgehead atoms. The van der Waals surface area contributed by atoms with Crippen molar-refractivity contribution < 1.29 is 30.6 Å². The highest BCUT2D eigenvalue weighted by atomic mass is 16.3. The molecule has 6 heteroatoms. The summed E-state index contributed by atoms with van der Waals surface area (Å²) in [5.74, 6) is 0. The van der Waals surface area contributed by atoms with E-state index in [1.54, 1.807) is 0 Å². The van der Waals surface area contributed by atoms with Gasteiger partial charge in [-0.3, -0.25) is 0 Å². The van der Waals surface area contributed by atoms with Crippen LogP contribution in [-0.2, 0) is 27.1 Å². The van der Waals surface area contributed by atoms with Gasteiger partial charge < -0.3 is 30.6 Å². The van der Waals surface area contributed by atoms with Crippen molar-refractivity contribution in [1.29, 1.82) is 0 Å². The number of fused-ring (bicyclic) bond motifs is 12. The first-order chi connectivity index (χ1) is 44.5. The Morgan fingerprint density at radius 1 is 0.220 bits per heavy atom. The highest BCUT2D eigenvalue weighted by molar-refractivity contribution is 5.89. The molecule has 0 aliphatic heterocycles. The van der Waals surface area contributed by atoms with E-state index in [2.05, 4.69) is 244 Å². The van der Waals surface area contributed by atoms with E-state index in [1.165, 1.54) is 0 Å². The van der Waals surface area contributed by atoms with Crippen LogP contribution < -0.4 is 0 Å². The van der Waals surface area contributed by atoms with E-state index in [0.717, 1.165) is 156 Å². The second-order valence-corrected chi connectivity index (χ2v) is 26.1. The number of benzene rings is 12. The Bertz CT molecular complexity index is 4550. The van der Waals surface area contributed by atoms with E-state index in [0.29, 0.717) is 0 Å². The SMILES string of the molecule is CC1(CO)c2ccccc2-c2ccc(-c3ccc(C(c4ccc(-c5ccc6c(c5)C(C)(CO)c5ccccc5-6)cc4)(c4ccc(-c5ccc6c(c5)C(CO)(CO)c5ccccc5-6)cc4)c4ccc(-c5ccc6c(c5)C(CO)(CO)c5ccccc5-6)cc4)cc3)cc21. The lowest BCUT2D eigenvalue weighted by Crippen LogP contribution is -2.34. The molecule has 12 aromatic rings. The Labute approximate surface area is 531 Å². The van der Waals surface area contributed by atoms with Crippen LogP contribution in [-0.4, -0.2) is 70.3 Å². The molecule has 6 N–H and O–H groups in total. The molecule has 0 radical (unpaired) electrons. The average molecular weight is 1190 g/mol. The topological polar surface area (TPSA) is 121 Å². The molecule has 0 heterocycles. The highest BCUT2D eigenvalue weighted by Crippen LogP contribution is 2.55. The van der Waals surface area contributed by atoms with Crippen LogP contribution >= 0.6 is 0 Å². The van der Waals surface area contributed by atoms with Crippen LogP contribution in [0.3, 0.4) is 0 Å². The lowest BCUT2D eigenvalue weighted by molar-refractivity contribution is 0.146. The van der Waals surface area contributed by atoms with Gasteiger partial charge in [0.25, 0.3) is 0 Å². The van der Waals surface area contributed by atoms with Crippen LogP contribution in [0.2, 0.25) is 0 Å². The number of aliphatic hydroxyl groups is 6. The van der Waals surface area contributed by atoms with Crippen LogP contribution in [0.25, 0.3) is 89.0 Å². The van der Waals surface area contributed by atoms with Gasteiger partial charge in [-0.25, -0.2) is 0 Å². The van der Waals surface area contributed by atoms with Gasteiger partial charge in [0.15, 0.2) is 0 Å². The molecule has 12 aromatic carbocycles. The van der Waals surface area contributed by atoms with Gasteiger partial charge in [0.2, 0.25) is 0 Å². The Hall–Kier alpha value is -9.60. The third-order valence-electron chi connectivity index (χ3n) is 21.7. The molecule has 2 atom stereocenters. The first-order valence-electron chi connectivity index (χ1n) is 31.6. The largest absolute Gasteiger partial charge is 0.395 e. The highest BCUT2D eigenvalue weighted by Gasteiger charge is 2.46. The smallest absolute Gasteiger partial charge is 0.0701 e. The van der Waals surface area contributed by atoms with Crippen molar-refractivity contribution in [3.63, 3.8) is 0 Å². The van der Waals surface area contributed by atoms with E-state index >= 15 is 0 Å². The monoisotopic (exact) mass is 1180 g/mol. The molecular formula is C85H68O6. The molecule has 444 valence electrons. The summed E-state index contributed by atoms with van der Waals surface area (Å²) >= 11 is 0. The first-order valence-corrected chi connectivity index (χ1v) is 31.6. The summed E-state index contributed by atoms with van der Waals surface area (Å²) in [6.07, 6.45) is 0. The number of rotatable bonds is 14. The fraction of sp³-hybridized carbons (Fsp3) is 0.153. The Morgan fingerprint density at radius 3 is 0.714 bits per heavy atom.